The quantitative estimate of drug-likeness (QED) is 0.614. The first kappa shape index (κ1) is 18.3. The summed E-state index contributed by atoms with van der Waals surface area (Å²) in [5, 5.41) is 0. The molecular formula is C17H31NO3. The van der Waals surface area contributed by atoms with Gasteiger partial charge in [-0.3, -0.25) is 9.59 Å². The minimum atomic E-state index is 0.103. The zero-order valence-corrected chi connectivity index (χ0v) is 14.1. The molecule has 4 nitrogen and oxygen atoms in total. The van der Waals surface area contributed by atoms with E-state index in [-0.39, 0.29) is 23.5 Å². The van der Waals surface area contributed by atoms with Crippen LogP contribution in [0.15, 0.2) is 0 Å². The van der Waals surface area contributed by atoms with Crippen molar-refractivity contribution in [2.75, 3.05) is 32.8 Å². The molecule has 0 N–H and O–H groups in total. The third kappa shape index (κ3) is 6.70. The molecule has 0 aromatic carbocycles. The Morgan fingerprint density at radius 2 is 1.67 bits per heavy atom. The molecule has 0 aromatic heterocycles. The van der Waals surface area contributed by atoms with Crippen molar-refractivity contribution in [2.24, 2.45) is 17.8 Å². The molecule has 0 saturated carbocycles. The summed E-state index contributed by atoms with van der Waals surface area (Å²) in [5.41, 5.74) is 0. The van der Waals surface area contributed by atoms with Crippen molar-refractivity contribution in [1.29, 1.82) is 0 Å². The SMILES string of the molecule is CC(C)C(=O)CCOCCN1CCC(C(=O)C(C)C)CC1. The minimum absolute atomic E-state index is 0.103. The third-order valence-electron chi connectivity index (χ3n) is 4.25. The smallest absolute Gasteiger partial charge is 0.138 e. The summed E-state index contributed by atoms with van der Waals surface area (Å²) in [6.45, 7) is 11.9. The molecule has 0 unspecified atom stereocenters. The molecular weight excluding hydrogens is 266 g/mol. The lowest BCUT2D eigenvalue weighted by Crippen LogP contribution is -2.39. The van der Waals surface area contributed by atoms with Gasteiger partial charge in [-0.05, 0) is 25.9 Å². The Morgan fingerprint density at radius 3 is 2.19 bits per heavy atom. The number of Topliss-reactive ketones (excluding diaryl/α,β-unsaturated/α-hetero) is 2. The predicted octanol–water partition coefficient (Wildman–Crippen LogP) is 2.56. The molecule has 0 atom stereocenters. The van der Waals surface area contributed by atoms with Gasteiger partial charge >= 0.3 is 0 Å². The maximum absolute atomic E-state index is 11.9. The minimum Gasteiger partial charge on any atom is -0.380 e. The number of likely N-dealkylation sites (tertiary alicyclic amines) is 1. The number of nitrogens with zero attached hydrogens (tertiary/aromatic N) is 1. The largest absolute Gasteiger partial charge is 0.380 e. The number of carbonyl (C=O) groups excluding carboxylic acids is 2. The average molecular weight is 297 g/mol. The molecule has 1 saturated heterocycles. The number of piperidine rings is 1. The normalized spacial score (nSPS) is 17.6. The van der Waals surface area contributed by atoms with E-state index in [1.165, 1.54) is 0 Å². The second-order valence-electron chi connectivity index (χ2n) is 6.66. The van der Waals surface area contributed by atoms with Crippen LogP contribution in [0.5, 0.6) is 0 Å². The Kier molecular flexibility index (Phi) is 8.12. The van der Waals surface area contributed by atoms with Crippen molar-refractivity contribution >= 4 is 11.6 Å². The zero-order valence-electron chi connectivity index (χ0n) is 14.1. The standard InChI is InChI=1S/C17H31NO3/c1-13(2)16(19)7-11-21-12-10-18-8-5-15(6-9-18)17(20)14(3)4/h13-15H,5-12H2,1-4H3. The molecule has 0 radical (unpaired) electrons. The maximum atomic E-state index is 11.9. The molecule has 0 aromatic rings. The molecule has 122 valence electrons. The summed E-state index contributed by atoms with van der Waals surface area (Å²) >= 11 is 0. The molecule has 0 aliphatic carbocycles. The lowest BCUT2D eigenvalue weighted by atomic mass is 9.87. The van der Waals surface area contributed by atoms with Crippen molar-refractivity contribution in [3.8, 4) is 0 Å². The summed E-state index contributed by atoms with van der Waals surface area (Å²) in [6.07, 6.45) is 2.47. The van der Waals surface area contributed by atoms with Crippen LogP contribution in [0.2, 0.25) is 0 Å². The first-order valence-corrected chi connectivity index (χ1v) is 8.28. The lowest BCUT2D eigenvalue weighted by molar-refractivity contribution is -0.127. The van der Waals surface area contributed by atoms with Crippen LogP contribution in [0, 0.1) is 17.8 Å². The van der Waals surface area contributed by atoms with Crippen molar-refractivity contribution in [3.05, 3.63) is 0 Å². The van der Waals surface area contributed by atoms with E-state index in [9.17, 15) is 9.59 Å². The summed E-state index contributed by atoms with van der Waals surface area (Å²) in [5.74, 6) is 1.20. The van der Waals surface area contributed by atoms with Crippen molar-refractivity contribution in [1.82, 2.24) is 4.90 Å². The Morgan fingerprint density at radius 1 is 1.05 bits per heavy atom. The highest BCUT2D eigenvalue weighted by Crippen LogP contribution is 2.20. The summed E-state index contributed by atoms with van der Waals surface area (Å²) in [6, 6.07) is 0. The highest BCUT2D eigenvalue weighted by atomic mass is 16.5. The van der Waals surface area contributed by atoms with Crippen LogP contribution in [0.4, 0.5) is 0 Å². The van der Waals surface area contributed by atoms with Crippen LogP contribution < -0.4 is 0 Å². The number of hydrogen-bond acceptors (Lipinski definition) is 4. The molecule has 0 bridgehead atoms. The highest BCUT2D eigenvalue weighted by molar-refractivity contribution is 5.82. The van der Waals surface area contributed by atoms with E-state index in [1.807, 2.05) is 27.7 Å². The fourth-order valence-electron chi connectivity index (χ4n) is 2.67. The molecule has 0 amide bonds. The van der Waals surface area contributed by atoms with Crippen LogP contribution in [0.25, 0.3) is 0 Å². The van der Waals surface area contributed by atoms with Gasteiger partial charge in [0.2, 0.25) is 0 Å². The van der Waals surface area contributed by atoms with Crippen LogP contribution in [0.1, 0.15) is 47.0 Å². The van der Waals surface area contributed by atoms with Gasteiger partial charge in [0.15, 0.2) is 0 Å². The first-order valence-electron chi connectivity index (χ1n) is 8.28. The van der Waals surface area contributed by atoms with Gasteiger partial charge in [0.1, 0.15) is 11.6 Å². The van der Waals surface area contributed by atoms with E-state index in [1.54, 1.807) is 0 Å². The molecule has 0 spiro atoms. The number of carbonyl (C=O) groups is 2. The number of rotatable bonds is 9. The summed E-state index contributed by atoms with van der Waals surface area (Å²) < 4.78 is 5.54. The van der Waals surface area contributed by atoms with Gasteiger partial charge in [0.05, 0.1) is 13.2 Å². The number of hydrogen-bond donors (Lipinski definition) is 0. The Hall–Kier alpha value is -0.740. The molecule has 4 heteroatoms. The summed E-state index contributed by atoms with van der Waals surface area (Å²) in [7, 11) is 0. The van der Waals surface area contributed by atoms with Crippen LogP contribution in [-0.4, -0.2) is 49.3 Å². The topological polar surface area (TPSA) is 46.6 Å². The number of ketones is 2. The van der Waals surface area contributed by atoms with Crippen molar-refractivity contribution < 1.29 is 14.3 Å². The fraction of sp³-hybridized carbons (Fsp3) is 0.882. The average Bonchev–Trinajstić information content (AvgIpc) is 2.46. The van der Waals surface area contributed by atoms with E-state index < -0.39 is 0 Å². The van der Waals surface area contributed by atoms with Crippen molar-refractivity contribution in [2.45, 2.75) is 47.0 Å². The van der Waals surface area contributed by atoms with E-state index in [0.29, 0.717) is 25.4 Å². The molecule has 1 fully saturated rings. The van der Waals surface area contributed by atoms with E-state index in [4.69, 9.17) is 4.74 Å². The monoisotopic (exact) mass is 297 g/mol. The highest BCUT2D eigenvalue weighted by Gasteiger charge is 2.26. The van der Waals surface area contributed by atoms with Gasteiger partial charge in [-0.25, -0.2) is 0 Å². The number of ether oxygens (including phenoxy) is 1. The van der Waals surface area contributed by atoms with Crippen LogP contribution in [0.3, 0.4) is 0 Å². The van der Waals surface area contributed by atoms with Crippen LogP contribution in [-0.2, 0) is 14.3 Å². The Labute approximate surface area is 129 Å². The fourth-order valence-corrected chi connectivity index (χ4v) is 2.67. The molecule has 21 heavy (non-hydrogen) atoms. The van der Waals surface area contributed by atoms with Gasteiger partial charge in [0, 0.05) is 30.7 Å². The second kappa shape index (κ2) is 9.31. The Balaban J connectivity index is 2.08. The molecule has 1 aliphatic rings. The van der Waals surface area contributed by atoms with Gasteiger partial charge < -0.3 is 9.64 Å². The predicted molar refractivity (Wildman–Crippen MR) is 84.3 cm³/mol. The van der Waals surface area contributed by atoms with E-state index >= 15 is 0 Å². The lowest BCUT2D eigenvalue weighted by Gasteiger charge is -2.31. The zero-order chi connectivity index (χ0) is 15.8. The Bertz CT molecular complexity index is 331. The van der Waals surface area contributed by atoms with Gasteiger partial charge in [-0.2, -0.15) is 0 Å². The first-order chi connectivity index (χ1) is 9.91. The molecule has 1 heterocycles. The molecule has 1 aliphatic heterocycles. The van der Waals surface area contributed by atoms with Crippen molar-refractivity contribution in [3.63, 3.8) is 0 Å². The van der Waals surface area contributed by atoms with Gasteiger partial charge in [-0.15, -0.1) is 0 Å². The van der Waals surface area contributed by atoms with Gasteiger partial charge in [-0.1, -0.05) is 27.7 Å². The maximum Gasteiger partial charge on any atom is 0.138 e. The third-order valence-corrected chi connectivity index (χ3v) is 4.25. The van der Waals surface area contributed by atoms with E-state index in [0.717, 1.165) is 32.5 Å². The van der Waals surface area contributed by atoms with Crippen LogP contribution >= 0.6 is 0 Å². The molecule has 1 rings (SSSR count). The second-order valence-corrected chi connectivity index (χ2v) is 6.66. The summed E-state index contributed by atoms with van der Waals surface area (Å²) in [4.78, 5) is 25.7. The van der Waals surface area contributed by atoms with E-state index in [2.05, 4.69) is 4.90 Å². The van der Waals surface area contributed by atoms with Gasteiger partial charge in [0.25, 0.3) is 0 Å².